The number of Topliss-reactive ketones (excluding diaryl/α,β-unsaturated/α-hetero) is 1. The van der Waals surface area contributed by atoms with Gasteiger partial charge in [-0.2, -0.15) is 13.2 Å². The van der Waals surface area contributed by atoms with Gasteiger partial charge in [0.15, 0.2) is 0 Å². The molecule has 0 N–H and O–H groups in total. The van der Waals surface area contributed by atoms with E-state index in [0.717, 1.165) is 0 Å². The molecule has 4 heteroatoms. The first-order valence-corrected chi connectivity index (χ1v) is 3.90. The second-order valence-corrected chi connectivity index (χ2v) is 2.84. The van der Waals surface area contributed by atoms with Crippen LogP contribution in [0.1, 0.15) is 19.3 Å². The Morgan fingerprint density at radius 1 is 1.46 bits per heavy atom. The molecule has 0 fully saturated rings. The molecule has 0 amide bonds. The molecule has 0 unspecified atom stereocenters. The lowest BCUT2D eigenvalue weighted by atomic mass is 9.98. The molecular formula is C9H12F3O. The molecule has 0 heterocycles. The van der Waals surface area contributed by atoms with Crippen LogP contribution in [-0.4, -0.2) is 12.0 Å². The number of hydrogen-bond acceptors (Lipinski definition) is 1. The van der Waals surface area contributed by atoms with Gasteiger partial charge in [0.25, 0.3) is 0 Å². The number of ketones is 1. The number of carbonyl (C=O) groups excluding carboxylic acids is 1. The summed E-state index contributed by atoms with van der Waals surface area (Å²) in [5, 5.41) is 0. The maximum absolute atomic E-state index is 12.2. The SMILES string of the molecule is [CH2]C(=O)CC[C@H](CC=C)C(F)(F)F. The fraction of sp³-hybridized carbons (Fsp3) is 0.556. The van der Waals surface area contributed by atoms with E-state index in [9.17, 15) is 18.0 Å². The van der Waals surface area contributed by atoms with E-state index in [0.29, 0.717) is 0 Å². The molecule has 0 aliphatic heterocycles. The van der Waals surface area contributed by atoms with E-state index in [1.54, 1.807) is 0 Å². The third-order valence-corrected chi connectivity index (χ3v) is 1.69. The molecule has 0 saturated heterocycles. The van der Waals surface area contributed by atoms with Gasteiger partial charge in [-0.05, 0) is 12.8 Å². The third-order valence-electron chi connectivity index (χ3n) is 1.69. The van der Waals surface area contributed by atoms with E-state index in [-0.39, 0.29) is 19.3 Å². The Hall–Kier alpha value is -0.800. The fourth-order valence-electron chi connectivity index (χ4n) is 0.952. The summed E-state index contributed by atoms with van der Waals surface area (Å²) in [7, 11) is 0. The predicted molar refractivity (Wildman–Crippen MR) is 44.0 cm³/mol. The van der Waals surface area contributed by atoms with E-state index < -0.39 is 17.9 Å². The largest absolute Gasteiger partial charge is 0.392 e. The topological polar surface area (TPSA) is 17.1 Å². The molecule has 1 radical (unpaired) electrons. The van der Waals surface area contributed by atoms with E-state index in [1.165, 1.54) is 6.08 Å². The normalized spacial score (nSPS) is 13.8. The lowest BCUT2D eigenvalue weighted by Crippen LogP contribution is -2.22. The van der Waals surface area contributed by atoms with Crippen molar-refractivity contribution in [3.63, 3.8) is 0 Å². The highest BCUT2D eigenvalue weighted by Crippen LogP contribution is 2.32. The monoisotopic (exact) mass is 193 g/mol. The van der Waals surface area contributed by atoms with Gasteiger partial charge in [0, 0.05) is 13.3 Å². The van der Waals surface area contributed by atoms with Crippen LogP contribution in [0.15, 0.2) is 12.7 Å². The number of allylic oxidation sites excluding steroid dienone is 1. The van der Waals surface area contributed by atoms with Crippen LogP contribution in [0.25, 0.3) is 0 Å². The zero-order chi connectivity index (χ0) is 10.5. The highest BCUT2D eigenvalue weighted by atomic mass is 19.4. The van der Waals surface area contributed by atoms with Crippen LogP contribution in [0, 0.1) is 12.8 Å². The van der Waals surface area contributed by atoms with Gasteiger partial charge < -0.3 is 0 Å². The van der Waals surface area contributed by atoms with Crippen molar-refractivity contribution < 1.29 is 18.0 Å². The number of rotatable bonds is 5. The number of hydrogen-bond donors (Lipinski definition) is 0. The first-order chi connectivity index (χ1) is 5.88. The summed E-state index contributed by atoms with van der Waals surface area (Å²) in [6, 6.07) is 0. The van der Waals surface area contributed by atoms with Crippen LogP contribution < -0.4 is 0 Å². The second-order valence-electron chi connectivity index (χ2n) is 2.84. The highest BCUT2D eigenvalue weighted by molar-refractivity contribution is 5.82. The lowest BCUT2D eigenvalue weighted by molar-refractivity contribution is -0.175. The Labute approximate surface area is 75.6 Å². The van der Waals surface area contributed by atoms with Crippen molar-refractivity contribution in [1.29, 1.82) is 0 Å². The van der Waals surface area contributed by atoms with Crippen molar-refractivity contribution in [1.82, 2.24) is 0 Å². The maximum Gasteiger partial charge on any atom is 0.392 e. The van der Waals surface area contributed by atoms with Gasteiger partial charge in [0.1, 0.15) is 5.78 Å². The molecule has 0 aromatic carbocycles. The zero-order valence-corrected chi connectivity index (χ0v) is 7.23. The molecule has 1 nitrogen and oxygen atoms in total. The molecule has 0 spiro atoms. The van der Waals surface area contributed by atoms with Crippen molar-refractivity contribution in [2.45, 2.75) is 25.4 Å². The zero-order valence-electron chi connectivity index (χ0n) is 7.23. The number of alkyl halides is 3. The predicted octanol–water partition coefficient (Wildman–Crippen LogP) is 2.92. The van der Waals surface area contributed by atoms with E-state index in [4.69, 9.17) is 0 Å². The second kappa shape index (κ2) is 5.04. The molecule has 1 atom stereocenters. The lowest BCUT2D eigenvalue weighted by Gasteiger charge is -2.17. The average molecular weight is 193 g/mol. The molecular weight excluding hydrogens is 181 g/mol. The minimum absolute atomic E-state index is 0.127. The van der Waals surface area contributed by atoms with Gasteiger partial charge in [-0.3, -0.25) is 4.79 Å². The minimum atomic E-state index is -4.25. The van der Waals surface area contributed by atoms with Gasteiger partial charge in [-0.15, -0.1) is 6.58 Å². The van der Waals surface area contributed by atoms with Crippen LogP contribution in [0.5, 0.6) is 0 Å². The van der Waals surface area contributed by atoms with Gasteiger partial charge in [0.2, 0.25) is 0 Å². The minimum Gasteiger partial charge on any atom is -0.300 e. The molecule has 0 bridgehead atoms. The highest BCUT2D eigenvalue weighted by Gasteiger charge is 2.37. The number of halogens is 3. The van der Waals surface area contributed by atoms with Crippen molar-refractivity contribution in [3.8, 4) is 0 Å². The van der Waals surface area contributed by atoms with Gasteiger partial charge in [-0.1, -0.05) is 6.08 Å². The molecule has 0 rings (SSSR count). The fourth-order valence-corrected chi connectivity index (χ4v) is 0.952. The average Bonchev–Trinajstić information content (AvgIpc) is 1.95. The molecule has 13 heavy (non-hydrogen) atoms. The molecule has 0 aliphatic carbocycles. The van der Waals surface area contributed by atoms with Crippen molar-refractivity contribution >= 4 is 5.78 Å². The summed E-state index contributed by atoms with van der Waals surface area (Å²) in [6.07, 6.45) is -3.50. The van der Waals surface area contributed by atoms with Crippen molar-refractivity contribution in [3.05, 3.63) is 19.6 Å². The Morgan fingerprint density at radius 3 is 2.31 bits per heavy atom. The molecule has 75 valence electrons. The quantitative estimate of drug-likeness (QED) is 0.613. The summed E-state index contributed by atoms with van der Waals surface area (Å²) in [5.41, 5.74) is 0. The van der Waals surface area contributed by atoms with Crippen LogP contribution in [0.2, 0.25) is 0 Å². The molecule has 0 aliphatic rings. The summed E-state index contributed by atoms with van der Waals surface area (Å²) in [4.78, 5) is 10.4. The van der Waals surface area contributed by atoms with Crippen LogP contribution >= 0.6 is 0 Å². The summed E-state index contributed by atoms with van der Waals surface area (Å²) in [5.74, 6) is -1.92. The summed E-state index contributed by atoms with van der Waals surface area (Å²) < 4.78 is 36.5. The van der Waals surface area contributed by atoms with Crippen LogP contribution in [0.3, 0.4) is 0 Å². The molecule has 0 aromatic heterocycles. The van der Waals surface area contributed by atoms with Crippen LogP contribution in [0.4, 0.5) is 13.2 Å². The Morgan fingerprint density at radius 2 is 2.00 bits per heavy atom. The standard InChI is InChI=1S/C9H12F3O/c1-3-4-8(9(10,11)12)6-5-7(2)13/h3,8H,1-2,4-6H2/t8-/m0/s1. The molecule has 0 saturated carbocycles. The smallest absolute Gasteiger partial charge is 0.300 e. The van der Waals surface area contributed by atoms with Gasteiger partial charge in [-0.25, -0.2) is 0 Å². The van der Waals surface area contributed by atoms with Crippen molar-refractivity contribution in [2.24, 2.45) is 5.92 Å². The Bertz CT molecular complexity index is 184. The number of carbonyl (C=O) groups is 1. The van der Waals surface area contributed by atoms with Crippen LogP contribution in [-0.2, 0) is 4.79 Å². The van der Waals surface area contributed by atoms with E-state index in [2.05, 4.69) is 13.5 Å². The van der Waals surface area contributed by atoms with E-state index >= 15 is 0 Å². The summed E-state index contributed by atoms with van der Waals surface area (Å²) in [6.45, 7) is 6.26. The summed E-state index contributed by atoms with van der Waals surface area (Å²) >= 11 is 0. The first-order valence-electron chi connectivity index (χ1n) is 3.90. The third kappa shape index (κ3) is 5.44. The van der Waals surface area contributed by atoms with Crippen molar-refractivity contribution in [2.75, 3.05) is 0 Å². The molecule has 0 aromatic rings. The van der Waals surface area contributed by atoms with Gasteiger partial charge >= 0.3 is 6.18 Å². The van der Waals surface area contributed by atoms with Gasteiger partial charge in [0.05, 0.1) is 5.92 Å². The maximum atomic E-state index is 12.2. The Kier molecular flexibility index (Phi) is 4.73. The Balaban J connectivity index is 4.10. The van der Waals surface area contributed by atoms with E-state index in [1.807, 2.05) is 0 Å². The first kappa shape index (κ1) is 12.2.